The lowest BCUT2D eigenvalue weighted by Crippen LogP contribution is -2.32. The van der Waals surface area contributed by atoms with Crippen molar-refractivity contribution in [1.29, 1.82) is 0 Å². The summed E-state index contributed by atoms with van der Waals surface area (Å²) in [7, 11) is 1.51. The zero-order valence-electron chi connectivity index (χ0n) is 12.4. The number of nitrogens with zero attached hydrogens (tertiary/aromatic N) is 1. The van der Waals surface area contributed by atoms with Gasteiger partial charge in [0, 0.05) is 44.2 Å². The Morgan fingerprint density at radius 2 is 2.05 bits per heavy atom. The highest BCUT2D eigenvalue weighted by Gasteiger charge is 2.09. The maximum Gasteiger partial charge on any atom is 0.223 e. The van der Waals surface area contributed by atoms with E-state index in [1.54, 1.807) is 17.0 Å². The first-order chi connectivity index (χ1) is 9.62. The molecule has 1 aromatic carbocycles. The van der Waals surface area contributed by atoms with Gasteiger partial charge in [0.15, 0.2) is 0 Å². The number of ether oxygens (including phenoxy) is 1. The Hall–Kier alpha value is -1.62. The van der Waals surface area contributed by atoms with Crippen LogP contribution in [-0.4, -0.2) is 37.6 Å². The second-order valence-corrected chi connectivity index (χ2v) is 4.45. The molecule has 4 nitrogen and oxygen atoms in total. The summed E-state index contributed by atoms with van der Waals surface area (Å²) in [6.07, 6.45) is 0.430. The maximum atomic E-state index is 13.7. The first-order valence-electron chi connectivity index (χ1n) is 6.93. The van der Waals surface area contributed by atoms with E-state index in [1.807, 2.05) is 13.8 Å². The van der Waals surface area contributed by atoms with E-state index in [-0.39, 0.29) is 11.7 Å². The van der Waals surface area contributed by atoms with Gasteiger partial charge < -0.3 is 15.0 Å². The number of halogens is 1. The minimum Gasteiger partial charge on any atom is -0.497 e. The average molecular weight is 282 g/mol. The van der Waals surface area contributed by atoms with Crippen LogP contribution in [0.15, 0.2) is 18.2 Å². The molecule has 0 bridgehead atoms. The van der Waals surface area contributed by atoms with Crippen LogP contribution in [-0.2, 0) is 11.3 Å². The standard InChI is InChI=1S/C15H23FN2O2/c1-4-18(5-2)15(19)8-9-17-11-12-6-7-13(20-3)10-14(12)16/h6-7,10,17H,4-5,8-9,11H2,1-3H3. The zero-order chi connectivity index (χ0) is 15.0. The van der Waals surface area contributed by atoms with E-state index in [9.17, 15) is 9.18 Å². The topological polar surface area (TPSA) is 41.6 Å². The van der Waals surface area contributed by atoms with Gasteiger partial charge in [0.05, 0.1) is 7.11 Å². The number of amides is 1. The number of methoxy groups -OCH3 is 1. The van der Waals surface area contributed by atoms with Crippen LogP contribution in [0.25, 0.3) is 0 Å². The summed E-state index contributed by atoms with van der Waals surface area (Å²) in [5, 5.41) is 3.09. The van der Waals surface area contributed by atoms with Gasteiger partial charge in [0.25, 0.3) is 0 Å². The summed E-state index contributed by atoms with van der Waals surface area (Å²) < 4.78 is 18.6. The Labute approximate surface area is 119 Å². The van der Waals surface area contributed by atoms with Gasteiger partial charge >= 0.3 is 0 Å². The Bertz CT molecular complexity index is 434. The number of rotatable bonds is 8. The molecular formula is C15H23FN2O2. The number of hydrogen-bond donors (Lipinski definition) is 1. The Morgan fingerprint density at radius 3 is 2.60 bits per heavy atom. The molecule has 0 heterocycles. The third-order valence-corrected chi connectivity index (χ3v) is 3.21. The fourth-order valence-electron chi connectivity index (χ4n) is 1.95. The largest absolute Gasteiger partial charge is 0.497 e. The van der Waals surface area contributed by atoms with E-state index in [4.69, 9.17) is 4.74 Å². The number of hydrogen-bond acceptors (Lipinski definition) is 3. The zero-order valence-corrected chi connectivity index (χ0v) is 12.4. The van der Waals surface area contributed by atoms with Crippen molar-refractivity contribution in [3.63, 3.8) is 0 Å². The summed E-state index contributed by atoms with van der Waals surface area (Å²) in [6, 6.07) is 4.77. The van der Waals surface area contributed by atoms with E-state index in [1.165, 1.54) is 13.2 Å². The molecule has 5 heteroatoms. The molecule has 0 spiro atoms. The molecule has 1 amide bonds. The van der Waals surface area contributed by atoms with Gasteiger partial charge in [-0.25, -0.2) is 4.39 Å². The molecule has 1 rings (SSSR count). The van der Waals surface area contributed by atoms with Crippen LogP contribution in [0.3, 0.4) is 0 Å². The van der Waals surface area contributed by atoms with Gasteiger partial charge in [0.1, 0.15) is 11.6 Å². The summed E-state index contributed by atoms with van der Waals surface area (Å²) in [5.74, 6) is 0.326. The molecule has 0 unspecified atom stereocenters. The predicted molar refractivity (Wildman–Crippen MR) is 77.2 cm³/mol. The van der Waals surface area contributed by atoms with Crippen LogP contribution in [0.4, 0.5) is 4.39 Å². The average Bonchev–Trinajstić information content (AvgIpc) is 2.46. The minimum atomic E-state index is -0.299. The second kappa shape index (κ2) is 8.53. The smallest absolute Gasteiger partial charge is 0.223 e. The highest BCUT2D eigenvalue weighted by molar-refractivity contribution is 5.76. The van der Waals surface area contributed by atoms with Gasteiger partial charge in [-0.15, -0.1) is 0 Å². The lowest BCUT2D eigenvalue weighted by molar-refractivity contribution is -0.130. The highest BCUT2D eigenvalue weighted by Crippen LogP contribution is 2.15. The molecule has 1 N–H and O–H groups in total. The van der Waals surface area contributed by atoms with E-state index in [0.717, 1.165) is 13.1 Å². The molecule has 0 aliphatic heterocycles. The predicted octanol–water partition coefficient (Wildman–Crippen LogP) is 2.18. The number of carbonyl (C=O) groups excluding carboxylic acids is 1. The normalized spacial score (nSPS) is 10.4. The van der Waals surface area contributed by atoms with Gasteiger partial charge in [-0.2, -0.15) is 0 Å². The molecule has 0 radical (unpaired) electrons. The van der Waals surface area contributed by atoms with Crippen LogP contribution in [0.5, 0.6) is 5.75 Å². The molecule has 0 aromatic heterocycles. The Kier molecular flexibility index (Phi) is 7.01. The van der Waals surface area contributed by atoms with E-state index in [2.05, 4.69) is 5.32 Å². The molecule has 0 saturated heterocycles. The molecule has 0 aliphatic rings. The van der Waals surface area contributed by atoms with E-state index < -0.39 is 0 Å². The van der Waals surface area contributed by atoms with Gasteiger partial charge in [0.2, 0.25) is 5.91 Å². The first kappa shape index (κ1) is 16.4. The van der Waals surface area contributed by atoms with Crippen molar-refractivity contribution in [2.24, 2.45) is 0 Å². The van der Waals surface area contributed by atoms with Crippen LogP contribution < -0.4 is 10.1 Å². The molecule has 1 aromatic rings. The SMILES string of the molecule is CCN(CC)C(=O)CCNCc1ccc(OC)cc1F. The molecule has 0 saturated carbocycles. The van der Waals surface area contributed by atoms with Crippen LogP contribution >= 0.6 is 0 Å². The lowest BCUT2D eigenvalue weighted by atomic mass is 10.2. The summed E-state index contributed by atoms with van der Waals surface area (Å²) in [6.45, 7) is 6.32. The minimum absolute atomic E-state index is 0.123. The van der Waals surface area contributed by atoms with Crippen molar-refractivity contribution in [2.75, 3.05) is 26.7 Å². The third kappa shape index (κ3) is 4.81. The number of benzene rings is 1. The van der Waals surface area contributed by atoms with Gasteiger partial charge in [-0.05, 0) is 19.9 Å². The molecule has 112 valence electrons. The van der Waals surface area contributed by atoms with Crippen molar-refractivity contribution in [3.05, 3.63) is 29.6 Å². The molecule has 0 fully saturated rings. The monoisotopic (exact) mass is 282 g/mol. The highest BCUT2D eigenvalue weighted by atomic mass is 19.1. The Morgan fingerprint density at radius 1 is 1.35 bits per heavy atom. The fourth-order valence-corrected chi connectivity index (χ4v) is 1.95. The summed E-state index contributed by atoms with van der Waals surface area (Å²) in [5.41, 5.74) is 0.570. The second-order valence-electron chi connectivity index (χ2n) is 4.45. The fraction of sp³-hybridized carbons (Fsp3) is 0.533. The third-order valence-electron chi connectivity index (χ3n) is 3.21. The van der Waals surface area contributed by atoms with Crippen molar-refractivity contribution in [3.8, 4) is 5.75 Å². The van der Waals surface area contributed by atoms with Gasteiger partial charge in [-0.1, -0.05) is 6.07 Å². The van der Waals surface area contributed by atoms with Crippen molar-refractivity contribution in [1.82, 2.24) is 10.2 Å². The maximum absolute atomic E-state index is 13.7. The quantitative estimate of drug-likeness (QED) is 0.743. The van der Waals surface area contributed by atoms with Crippen LogP contribution in [0.1, 0.15) is 25.8 Å². The van der Waals surface area contributed by atoms with Crippen molar-refractivity contribution in [2.45, 2.75) is 26.8 Å². The molecule has 0 aliphatic carbocycles. The van der Waals surface area contributed by atoms with Crippen LogP contribution in [0, 0.1) is 5.82 Å². The summed E-state index contributed by atoms with van der Waals surface area (Å²) >= 11 is 0. The first-order valence-corrected chi connectivity index (χ1v) is 6.93. The van der Waals surface area contributed by atoms with Gasteiger partial charge in [-0.3, -0.25) is 4.79 Å². The van der Waals surface area contributed by atoms with E-state index in [0.29, 0.717) is 30.8 Å². The summed E-state index contributed by atoms with van der Waals surface area (Å²) in [4.78, 5) is 13.5. The van der Waals surface area contributed by atoms with E-state index >= 15 is 0 Å². The van der Waals surface area contributed by atoms with Crippen LogP contribution in [0.2, 0.25) is 0 Å². The molecule has 0 atom stereocenters. The number of carbonyl (C=O) groups is 1. The lowest BCUT2D eigenvalue weighted by Gasteiger charge is -2.18. The van der Waals surface area contributed by atoms with Crippen molar-refractivity contribution >= 4 is 5.91 Å². The Balaban J connectivity index is 2.36. The molecular weight excluding hydrogens is 259 g/mol. The van der Waals surface area contributed by atoms with Crippen molar-refractivity contribution < 1.29 is 13.9 Å². The molecule has 20 heavy (non-hydrogen) atoms. The number of nitrogens with one attached hydrogen (secondary N) is 1.